The third-order valence-corrected chi connectivity index (χ3v) is 2.53. The molecule has 0 radical (unpaired) electrons. The predicted octanol–water partition coefficient (Wildman–Crippen LogP) is 2.48. The Kier molecular flexibility index (Phi) is 3.80. The van der Waals surface area contributed by atoms with Gasteiger partial charge in [0.15, 0.2) is 5.84 Å². The van der Waals surface area contributed by atoms with Crippen molar-refractivity contribution in [2.75, 3.05) is 0 Å². The zero-order valence-corrected chi connectivity index (χ0v) is 10.3. The van der Waals surface area contributed by atoms with Crippen molar-refractivity contribution in [1.82, 2.24) is 0 Å². The van der Waals surface area contributed by atoms with Gasteiger partial charge in [0, 0.05) is 12.1 Å². The maximum atomic E-state index is 10.8. The first-order valence-electron chi connectivity index (χ1n) is 5.61. The Morgan fingerprint density at radius 3 is 2.55 bits per heavy atom. The summed E-state index contributed by atoms with van der Waals surface area (Å²) in [5, 5.41) is 22.4. The number of nitro groups is 1. The SMILES string of the molecule is NC(=NO)c1cc([N+](=O)[O-])ccc1Oc1ccccc1. The molecule has 0 saturated heterocycles. The molecule has 0 aliphatic heterocycles. The van der Waals surface area contributed by atoms with E-state index in [2.05, 4.69) is 5.16 Å². The normalized spacial score (nSPS) is 11.1. The molecule has 0 aromatic heterocycles. The Morgan fingerprint density at radius 2 is 1.95 bits per heavy atom. The lowest BCUT2D eigenvalue weighted by Crippen LogP contribution is -2.14. The highest BCUT2D eigenvalue weighted by Gasteiger charge is 2.15. The standard InChI is InChI=1S/C13H11N3O4/c14-13(15-17)11-8-9(16(18)19)6-7-12(11)20-10-4-2-1-3-5-10/h1-8,17H,(H2,14,15). The van der Waals surface area contributed by atoms with Crippen LogP contribution < -0.4 is 10.5 Å². The minimum absolute atomic E-state index is 0.144. The predicted molar refractivity (Wildman–Crippen MR) is 72.1 cm³/mol. The van der Waals surface area contributed by atoms with Crippen molar-refractivity contribution in [1.29, 1.82) is 0 Å². The second-order valence-electron chi connectivity index (χ2n) is 3.84. The van der Waals surface area contributed by atoms with Gasteiger partial charge in [-0.2, -0.15) is 0 Å². The van der Waals surface area contributed by atoms with Crippen LogP contribution in [0.15, 0.2) is 53.7 Å². The molecule has 0 bridgehead atoms. The van der Waals surface area contributed by atoms with Crippen LogP contribution in [-0.2, 0) is 0 Å². The van der Waals surface area contributed by atoms with Gasteiger partial charge in [-0.3, -0.25) is 10.1 Å². The fraction of sp³-hybridized carbons (Fsp3) is 0. The summed E-state index contributed by atoms with van der Waals surface area (Å²) in [4.78, 5) is 10.2. The van der Waals surface area contributed by atoms with Crippen molar-refractivity contribution in [2.45, 2.75) is 0 Å². The number of benzene rings is 2. The monoisotopic (exact) mass is 273 g/mol. The topological polar surface area (TPSA) is 111 Å². The minimum atomic E-state index is -0.569. The molecule has 0 amide bonds. The molecule has 20 heavy (non-hydrogen) atoms. The van der Waals surface area contributed by atoms with Gasteiger partial charge in [0.05, 0.1) is 10.5 Å². The van der Waals surface area contributed by atoms with E-state index < -0.39 is 4.92 Å². The number of oxime groups is 1. The first kappa shape index (κ1) is 13.3. The van der Waals surface area contributed by atoms with Gasteiger partial charge in [0.25, 0.3) is 5.69 Å². The van der Waals surface area contributed by atoms with Crippen LogP contribution in [0.4, 0.5) is 5.69 Å². The molecule has 0 aliphatic rings. The van der Waals surface area contributed by atoms with Crippen LogP contribution in [0, 0.1) is 10.1 Å². The zero-order chi connectivity index (χ0) is 14.5. The van der Waals surface area contributed by atoms with E-state index in [1.54, 1.807) is 24.3 Å². The summed E-state index contributed by atoms with van der Waals surface area (Å²) < 4.78 is 5.57. The van der Waals surface area contributed by atoms with E-state index in [0.29, 0.717) is 5.75 Å². The molecule has 0 fully saturated rings. The molecule has 0 heterocycles. The lowest BCUT2D eigenvalue weighted by molar-refractivity contribution is -0.384. The quantitative estimate of drug-likeness (QED) is 0.292. The Hall–Kier alpha value is -3.09. The highest BCUT2D eigenvalue weighted by molar-refractivity contribution is 6.00. The fourth-order valence-electron chi connectivity index (χ4n) is 1.59. The molecule has 7 nitrogen and oxygen atoms in total. The highest BCUT2D eigenvalue weighted by Crippen LogP contribution is 2.28. The number of non-ortho nitro benzene ring substituents is 1. The van der Waals surface area contributed by atoms with Crippen LogP contribution in [-0.4, -0.2) is 16.0 Å². The minimum Gasteiger partial charge on any atom is -0.457 e. The molecule has 0 aliphatic carbocycles. The van der Waals surface area contributed by atoms with E-state index in [-0.39, 0.29) is 22.8 Å². The summed E-state index contributed by atoms with van der Waals surface area (Å²) in [6.45, 7) is 0. The summed E-state index contributed by atoms with van der Waals surface area (Å²) in [6, 6.07) is 12.7. The molecule has 0 unspecified atom stereocenters. The Bertz CT molecular complexity index is 656. The molecule has 0 atom stereocenters. The summed E-state index contributed by atoms with van der Waals surface area (Å²) >= 11 is 0. The van der Waals surface area contributed by atoms with Gasteiger partial charge in [0.1, 0.15) is 11.5 Å². The van der Waals surface area contributed by atoms with Gasteiger partial charge in [-0.25, -0.2) is 0 Å². The second-order valence-corrected chi connectivity index (χ2v) is 3.84. The van der Waals surface area contributed by atoms with Crippen LogP contribution in [0.25, 0.3) is 0 Å². The number of hydrogen-bond donors (Lipinski definition) is 2. The van der Waals surface area contributed by atoms with Gasteiger partial charge in [-0.15, -0.1) is 0 Å². The Morgan fingerprint density at radius 1 is 1.25 bits per heavy atom. The van der Waals surface area contributed by atoms with Crippen molar-refractivity contribution in [3.05, 3.63) is 64.2 Å². The van der Waals surface area contributed by atoms with Crippen LogP contribution in [0.5, 0.6) is 11.5 Å². The number of nitrogens with two attached hydrogens (primary N) is 1. The lowest BCUT2D eigenvalue weighted by atomic mass is 10.1. The first-order valence-corrected chi connectivity index (χ1v) is 5.61. The molecule has 0 saturated carbocycles. The molecule has 2 aromatic carbocycles. The molecular formula is C13H11N3O4. The average Bonchev–Trinajstić information content (AvgIpc) is 2.47. The molecule has 3 N–H and O–H groups in total. The number of para-hydroxylation sites is 1. The number of ether oxygens (including phenoxy) is 1. The van der Waals surface area contributed by atoms with Crippen molar-refractivity contribution in [3.63, 3.8) is 0 Å². The highest BCUT2D eigenvalue weighted by atomic mass is 16.6. The van der Waals surface area contributed by atoms with Gasteiger partial charge in [0.2, 0.25) is 0 Å². The average molecular weight is 273 g/mol. The smallest absolute Gasteiger partial charge is 0.270 e. The van der Waals surface area contributed by atoms with E-state index in [9.17, 15) is 10.1 Å². The Labute approximate surface area is 114 Å². The van der Waals surface area contributed by atoms with E-state index in [4.69, 9.17) is 15.7 Å². The molecule has 102 valence electrons. The molecular weight excluding hydrogens is 262 g/mol. The fourth-order valence-corrected chi connectivity index (χ4v) is 1.59. The third kappa shape index (κ3) is 2.83. The van der Waals surface area contributed by atoms with Gasteiger partial charge >= 0.3 is 0 Å². The van der Waals surface area contributed by atoms with Crippen LogP contribution in [0.1, 0.15) is 5.56 Å². The van der Waals surface area contributed by atoms with Gasteiger partial charge in [-0.05, 0) is 18.2 Å². The van der Waals surface area contributed by atoms with E-state index in [0.717, 1.165) is 0 Å². The largest absolute Gasteiger partial charge is 0.457 e. The molecule has 2 rings (SSSR count). The molecule has 7 heteroatoms. The number of amidine groups is 1. The summed E-state index contributed by atoms with van der Waals surface area (Å²) in [7, 11) is 0. The number of nitrogens with zero attached hydrogens (tertiary/aromatic N) is 2. The maximum Gasteiger partial charge on any atom is 0.270 e. The maximum absolute atomic E-state index is 10.8. The molecule has 2 aromatic rings. The van der Waals surface area contributed by atoms with E-state index >= 15 is 0 Å². The van der Waals surface area contributed by atoms with E-state index in [1.165, 1.54) is 18.2 Å². The zero-order valence-electron chi connectivity index (χ0n) is 10.3. The van der Waals surface area contributed by atoms with Gasteiger partial charge in [-0.1, -0.05) is 23.4 Å². The summed E-state index contributed by atoms with van der Waals surface area (Å²) in [5.41, 5.74) is 5.49. The second kappa shape index (κ2) is 5.70. The first-order chi connectivity index (χ1) is 9.61. The van der Waals surface area contributed by atoms with Crippen molar-refractivity contribution in [2.24, 2.45) is 10.9 Å². The van der Waals surface area contributed by atoms with E-state index in [1.807, 2.05) is 6.07 Å². The number of hydrogen-bond acceptors (Lipinski definition) is 5. The molecule has 0 spiro atoms. The summed E-state index contributed by atoms with van der Waals surface area (Å²) in [6.07, 6.45) is 0. The van der Waals surface area contributed by atoms with Crippen molar-refractivity contribution >= 4 is 11.5 Å². The third-order valence-electron chi connectivity index (χ3n) is 2.53. The summed E-state index contributed by atoms with van der Waals surface area (Å²) in [5.74, 6) is 0.532. The lowest BCUT2D eigenvalue weighted by Gasteiger charge is -2.10. The van der Waals surface area contributed by atoms with Crippen molar-refractivity contribution < 1.29 is 14.9 Å². The van der Waals surface area contributed by atoms with Crippen LogP contribution >= 0.6 is 0 Å². The number of rotatable bonds is 4. The van der Waals surface area contributed by atoms with Crippen LogP contribution in [0.3, 0.4) is 0 Å². The Balaban J connectivity index is 2.44. The van der Waals surface area contributed by atoms with Crippen molar-refractivity contribution in [3.8, 4) is 11.5 Å². The van der Waals surface area contributed by atoms with Crippen LogP contribution in [0.2, 0.25) is 0 Å². The number of nitro benzene ring substituents is 1. The van der Waals surface area contributed by atoms with Gasteiger partial charge < -0.3 is 15.7 Å².